The van der Waals surface area contributed by atoms with Crippen molar-refractivity contribution in [3.8, 4) is 0 Å². The molecule has 3 aromatic rings. The maximum Gasteiger partial charge on any atom is 0.257 e. The first-order chi connectivity index (χ1) is 13.0. The Labute approximate surface area is 162 Å². The lowest BCUT2D eigenvalue weighted by molar-refractivity contribution is 0.0303. The Balaban J connectivity index is 1.72. The molecule has 1 aromatic carbocycles. The first-order valence-electron chi connectivity index (χ1n) is 8.89. The van der Waals surface area contributed by atoms with Crippen LogP contribution in [-0.2, 0) is 11.8 Å². The molecule has 140 valence electrons. The van der Waals surface area contributed by atoms with Gasteiger partial charge in [0.05, 0.1) is 24.3 Å². The number of aryl methyl sites for hydroxylation is 2. The molecular formula is C20H21ClN4O2. The van der Waals surface area contributed by atoms with Gasteiger partial charge in [-0.25, -0.2) is 4.98 Å². The quantitative estimate of drug-likeness (QED) is 0.747. The molecule has 1 fully saturated rings. The van der Waals surface area contributed by atoms with Crippen LogP contribution < -0.4 is 5.32 Å². The van der Waals surface area contributed by atoms with Gasteiger partial charge in [0.2, 0.25) is 0 Å². The van der Waals surface area contributed by atoms with Gasteiger partial charge in [0.15, 0.2) is 0 Å². The normalized spacial score (nSPS) is 14.6. The van der Waals surface area contributed by atoms with Crippen molar-refractivity contribution in [2.24, 2.45) is 7.05 Å². The number of nitrogens with zero attached hydrogens (tertiary/aromatic N) is 3. The van der Waals surface area contributed by atoms with Crippen LogP contribution in [0.2, 0.25) is 5.02 Å². The number of hydrogen-bond acceptors (Lipinski definition) is 4. The number of carbonyl (C=O) groups excluding carboxylic acids is 1. The van der Waals surface area contributed by atoms with Crippen molar-refractivity contribution in [3.05, 3.63) is 52.8 Å². The molecule has 0 saturated carbocycles. The van der Waals surface area contributed by atoms with Crippen molar-refractivity contribution in [2.45, 2.75) is 6.92 Å². The van der Waals surface area contributed by atoms with Gasteiger partial charge in [0, 0.05) is 48.6 Å². The highest BCUT2D eigenvalue weighted by Crippen LogP contribution is 2.29. The van der Waals surface area contributed by atoms with E-state index in [9.17, 15) is 4.79 Å². The number of fused-ring (bicyclic) bond motifs is 1. The highest BCUT2D eigenvalue weighted by atomic mass is 35.5. The number of pyridine rings is 1. The SMILES string of the molecule is Cc1cc(Nc2ncc(C(=O)N3CCOCC3)c3c2ccn3C)ccc1Cl. The summed E-state index contributed by atoms with van der Waals surface area (Å²) >= 11 is 6.11. The fraction of sp³-hybridized carbons (Fsp3) is 0.300. The Morgan fingerprint density at radius 2 is 2.04 bits per heavy atom. The summed E-state index contributed by atoms with van der Waals surface area (Å²) < 4.78 is 7.31. The Morgan fingerprint density at radius 3 is 2.78 bits per heavy atom. The number of rotatable bonds is 3. The fourth-order valence-electron chi connectivity index (χ4n) is 3.37. The predicted molar refractivity (Wildman–Crippen MR) is 107 cm³/mol. The van der Waals surface area contributed by atoms with E-state index in [4.69, 9.17) is 16.3 Å². The minimum absolute atomic E-state index is 0.00788. The van der Waals surface area contributed by atoms with Gasteiger partial charge >= 0.3 is 0 Å². The van der Waals surface area contributed by atoms with Gasteiger partial charge < -0.3 is 19.5 Å². The van der Waals surface area contributed by atoms with Crippen molar-refractivity contribution >= 4 is 39.9 Å². The molecule has 1 aliphatic rings. The number of nitrogens with one attached hydrogen (secondary N) is 1. The molecule has 1 aliphatic heterocycles. The monoisotopic (exact) mass is 384 g/mol. The Morgan fingerprint density at radius 1 is 1.26 bits per heavy atom. The van der Waals surface area contributed by atoms with Gasteiger partial charge in [-0.05, 0) is 36.8 Å². The molecule has 0 unspecified atom stereocenters. The molecule has 6 nitrogen and oxygen atoms in total. The summed E-state index contributed by atoms with van der Waals surface area (Å²) in [5, 5.41) is 4.98. The Hall–Kier alpha value is -2.57. The van der Waals surface area contributed by atoms with Gasteiger partial charge in [-0.2, -0.15) is 0 Å². The zero-order valence-electron chi connectivity index (χ0n) is 15.3. The van der Waals surface area contributed by atoms with Crippen LogP contribution in [0.4, 0.5) is 11.5 Å². The third-order valence-electron chi connectivity index (χ3n) is 4.86. The lowest BCUT2D eigenvalue weighted by Crippen LogP contribution is -2.40. The molecule has 1 N–H and O–H groups in total. The number of aromatic nitrogens is 2. The second kappa shape index (κ2) is 7.21. The zero-order valence-corrected chi connectivity index (χ0v) is 16.1. The molecule has 27 heavy (non-hydrogen) atoms. The molecule has 0 bridgehead atoms. The van der Waals surface area contributed by atoms with Crippen molar-refractivity contribution in [1.29, 1.82) is 0 Å². The van der Waals surface area contributed by atoms with Crippen molar-refractivity contribution in [2.75, 3.05) is 31.6 Å². The number of amides is 1. The van der Waals surface area contributed by atoms with E-state index in [-0.39, 0.29) is 5.91 Å². The van der Waals surface area contributed by atoms with E-state index in [1.807, 2.05) is 53.9 Å². The summed E-state index contributed by atoms with van der Waals surface area (Å²) in [7, 11) is 1.94. The standard InChI is InChI=1S/C20H21ClN4O2/c1-13-11-14(3-4-17(13)21)23-19-15-5-6-24(2)18(15)16(12-22-19)20(26)25-7-9-27-10-8-25/h3-6,11-12H,7-10H2,1-2H3,(H,22,23). The van der Waals surface area contributed by atoms with Crippen LogP contribution in [0.15, 0.2) is 36.7 Å². The number of benzene rings is 1. The predicted octanol–water partition coefficient (Wildman–Crippen LogP) is 3.75. The highest BCUT2D eigenvalue weighted by molar-refractivity contribution is 6.31. The molecule has 0 aliphatic carbocycles. The van der Waals surface area contributed by atoms with Gasteiger partial charge in [-0.3, -0.25) is 4.79 Å². The van der Waals surface area contributed by atoms with Crippen molar-refractivity contribution in [1.82, 2.24) is 14.5 Å². The van der Waals surface area contributed by atoms with E-state index in [1.165, 1.54) is 0 Å². The van der Waals surface area contributed by atoms with Crippen LogP contribution in [0, 0.1) is 6.92 Å². The number of anilines is 2. The van der Waals surface area contributed by atoms with Crippen molar-refractivity contribution < 1.29 is 9.53 Å². The van der Waals surface area contributed by atoms with Crippen LogP contribution in [0.25, 0.3) is 10.9 Å². The van der Waals surface area contributed by atoms with Crippen molar-refractivity contribution in [3.63, 3.8) is 0 Å². The van der Waals surface area contributed by atoms with Gasteiger partial charge in [0.25, 0.3) is 5.91 Å². The fourth-order valence-corrected chi connectivity index (χ4v) is 3.49. The zero-order chi connectivity index (χ0) is 19.0. The number of ether oxygens (including phenoxy) is 1. The minimum atomic E-state index is -0.00788. The summed E-state index contributed by atoms with van der Waals surface area (Å²) in [5.41, 5.74) is 3.37. The van der Waals surface area contributed by atoms with E-state index in [0.29, 0.717) is 37.7 Å². The molecule has 0 spiro atoms. The van der Waals surface area contributed by atoms with E-state index in [0.717, 1.165) is 27.2 Å². The van der Waals surface area contributed by atoms with Crippen LogP contribution in [0.5, 0.6) is 0 Å². The average molecular weight is 385 g/mol. The number of morpholine rings is 1. The summed E-state index contributed by atoms with van der Waals surface area (Å²) in [6, 6.07) is 7.73. The summed E-state index contributed by atoms with van der Waals surface area (Å²) in [6.45, 7) is 4.32. The van der Waals surface area contributed by atoms with E-state index in [2.05, 4.69) is 10.3 Å². The minimum Gasteiger partial charge on any atom is -0.378 e. The highest BCUT2D eigenvalue weighted by Gasteiger charge is 2.23. The number of hydrogen-bond donors (Lipinski definition) is 1. The largest absolute Gasteiger partial charge is 0.378 e. The van der Waals surface area contributed by atoms with Gasteiger partial charge in [-0.15, -0.1) is 0 Å². The van der Waals surface area contributed by atoms with Crippen LogP contribution >= 0.6 is 11.6 Å². The third kappa shape index (κ3) is 3.38. The van der Waals surface area contributed by atoms with E-state index >= 15 is 0 Å². The molecular weight excluding hydrogens is 364 g/mol. The molecule has 3 heterocycles. The lowest BCUT2D eigenvalue weighted by Gasteiger charge is -2.27. The molecule has 0 atom stereocenters. The van der Waals surface area contributed by atoms with Crippen LogP contribution in [0.3, 0.4) is 0 Å². The van der Waals surface area contributed by atoms with E-state index in [1.54, 1.807) is 6.20 Å². The molecule has 0 radical (unpaired) electrons. The summed E-state index contributed by atoms with van der Waals surface area (Å²) in [5.74, 6) is 0.706. The molecule has 1 saturated heterocycles. The molecule has 1 amide bonds. The topological polar surface area (TPSA) is 59.4 Å². The van der Waals surface area contributed by atoms with Gasteiger partial charge in [0.1, 0.15) is 5.82 Å². The number of halogens is 1. The average Bonchev–Trinajstić information content (AvgIpc) is 3.08. The lowest BCUT2D eigenvalue weighted by atomic mass is 10.1. The second-order valence-electron chi connectivity index (χ2n) is 6.70. The molecule has 7 heteroatoms. The van der Waals surface area contributed by atoms with Crippen LogP contribution in [0.1, 0.15) is 15.9 Å². The molecule has 4 rings (SSSR count). The van der Waals surface area contributed by atoms with E-state index < -0.39 is 0 Å². The Kier molecular flexibility index (Phi) is 4.76. The first kappa shape index (κ1) is 17.8. The smallest absolute Gasteiger partial charge is 0.257 e. The maximum atomic E-state index is 13.0. The summed E-state index contributed by atoms with van der Waals surface area (Å²) in [6.07, 6.45) is 3.60. The first-order valence-corrected chi connectivity index (χ1v) is 9.26. The third-order valence-corrected chi connectivity index (χ3v) is 5.28. The molecule has 2 aromatic heterocycles. The van der Waals surface area contributed by atoms with Gasteiger partial charge in [-0.1, -0.05) is 11.6 Å². The maximum absolute atomic E-state index is 13.0. The van der Waals surface area contributed by atoms with Crippen LogP contribution in [-0.4, -0.2) is 46.7 Å². The Bertz CT molecular complexity index is 1010. The summed E-state index contributed by atoms with van der Waals surface area (Å²) in [4.78, 5) is 19.4. The number of carbonyl (C=O) groups is 1. The second-order valence-corrected chi connectivity index (χ2v) is 7.11.